The zero-order valence-electron chi connectivity index (χ0n) is 8.92. The minimum Gasteiger partial charge on any atom is -0.478 e. The lowest BCUT2D eigenvalue weighted by Gasteiger charge is -2.05. The van der Waals surface area contributed by atoms with Crippen LogP contribution < -0.4 is 0 Å². The Labute approximate surface area is 93.1 Å². The number of aromatic carboxylic acids is 1. The first-order chi connectivity index (χ1) is 7.72. The van der Waals surface area contributed by atoms with Crippen molar-refractivity contribution in [3.8, 4) is 11.3 Å². The molecule has 1 aromatic heterocycles. The summed E-state index contributed by atoms with van der Waals surface area (Å²) in [6.07, 6.45) is 1.71. The summed E-state index contributed by atoms with van der Waals surface area (Å²) < 4.78 is 1.83. The lowest BCUT2D eigenvalue weighted by Crippen LogP contribution is -2.00. The van der Waals surface area contributed by atoms with Crippen LogP contribution in [0, 0.1) is 0 Å². The van der Waals surface area contributed by atoms with Gasteiger partial charge in [-0.2, -0.15) is 5.10 Å². The highest BCUT2D eigenvalue weighted by atomic mass is 16.4. The quantitative estimate of drug-likeness (QED) is 0.856. The van der Waals surface area contributed by atoms with E-state index in [9.17, 15) is 4.79 Å². The first kappa shape index (κ1) is 10.4. The van der Waals surface area contributed by atoms with Crippen LogP contribution in [0.3, 0.4) is 0 Å². The number of nitrogens with zero attached hydrogens (tertiary/aromatic N) is 2. The van der Waals surface area contributed by atoms with Crippen molar-refractivity contribution < 1.29 is 9.90 Å². The van der Waals surface area contributed by atoms with Gasteiger partial charge in [-0.25, -0.2) is 4.79 Å². The standard InChI is InChI=1S/C12H12N2O2/c1-2-14-11(6-7-13-14)9-4-3-5-10(8-9)12(15)16/h3-8H,2H2,1H3,(H,15,16). The highest BCUT2D eigenvalue weighted by Crippen LogP contribution is 2.20. The Morgan fingerprint density at radius 3 is 2.94 bits per heavy atom. The third-order valence-corrected chi connectivity index (χ3v) is 2.42. The van der Waals surface area contributed by atoms with Crippen molar-refractivity contribution in [1.82, 2.24) is 9.78 Å². The lowest BCUT2D eigenvalue weighted by atomic mass is 10.1. The molecule has 1 heterocycles. The molecule has 82 valence electrons. The molecule has 0 aliphatic carbocycles. The van der Waals surface area contributed by atoms with Crippen LogP contribution in [0.2, 0.25) is 0 Å². The molecule has 0 unspecified atom stereocenters. The summed E-state index contributed by atoms with van der Waals surface area (Å²) >= 11 is 0. The molecule has 1 N–H and O–H groups in total. The molecule has 0 bridgehead atoms. The van der Waals surface area contributed by atoms with E-state index in [1.165, 1.54) is 0 Å². The molecule has 0 fully saturated rings. The van der Waals surface area contributed by atoms with Crippen molar-refractivity contribution in [2.75, 3.05) is 0 Å². The third-order valence-electron chi connectivity index (χ3n) is 2.42. The summed E-state index contributed by atoms with van der Waals surface area (Å²) in [7, 11) is 0. The second-order valence-electron chi connectivity index (χ2n) is 3.42. The molecule has 2 rings (SSSR count). The van der Waals surface area contributed by atoms with E-state index in [1.807, 2.05) is 23.7 Å². The first-order valence-electron chi connectivity index (χ1n) is 5.08. The molecule has 0 aliphatic heterocycles. The summed E-state index contributed by atoms with van der Waals surface area (Å²) in [5.74, 6) is -0.913. The Morgan fingerprint density at radius 1 is 1.44 bits per heavy atom. The maximum atomic E-state index is 10.9. The van der Waals surface area contributed by atoms with Crippen LogP contribution in [0.15, 0.2) is 36.5 Å². The number of rotatable bonds is 3. The lowest BCUT2D eigenvalue weighted by molar-refractivity contribution is 0.0697. The van der Waals surface area contributed by atoms with Crippen molar-refractivity contribution in [3.63, 3.8) is 0 Å². The number of aromatic nitrogens is 2. The van der Waals surface area contributed by atoms with Gasteiger partial charge in [0.05, 0.1) is 11.3 Å². The second-order valence-corrected chi connectivity index (χ2v) is 3.42. The van der Waals surface area contributed by atoms with Gasteiger partial charge in [0.15, 0.2) is 0 Å². The third kappa shape index (κ3) is 1.82. The van der Waals surface area contributed by atoms with Gasteiger partial charge < -0.3 is 5.11 Å². The van der Waals surface area contributed by atoms with Gasteiger partial charge in [0.1, 0.15) is 0 Å². The Bertz CT molecular complexity index is 517. The van der Waals surface area contributed by atoms with Crippen LogP contribution in [0.1, 0.15) is 17.3 Å². The van der Waals surface area contributed by atoms with E-state index < -0.39 is 5.97 Å². The first-order valence-corrected chi connectivity index (χ1v) is 5.08. The summed E-state index contributed by atoms with van der Waals surface area (Å²) in [5.41, 5.74) is 2.10. The van der Waals surface area contributed by atoms with Crippen molar-refractivity contribution >= 4 is 5.97 Å². The van der Waals surface area contributed by atoms with Gasteiger partial charge in [0, 0.05) is 18.3 Å². The number of aryl methyl sites for hydroxylation is 1. The Hall–Kier alpha value is -2.10. The number of benzene rings is 1. The maximum Gasteiger partial charge on any atom is 0.335 e. The molecule has 4 heteroatoms. The SMILES string of the molecule is CCn1nccc1-c1cccc(C(=O)O)c1. The number of hydrogen-bond donors (Lipinski definition) is 1. The van der Waals surface area contributed by atoms with E-state index in [1.54, 1.807) is 24.4 Å². The molecule has 2 aromatic rings. The van der Waals surface area contributed by atoms with E-state index in [2.05, 4.69) is 5.10 Å². The maximum absolute atomic E-state index is 10.9. The van der Waals surface area contributed by atoms with Gasteiger partial charge >= 0.3 is 5.97 Å². The number of carboxylic acid groups (broad SMARTS) is 1. The summed E-state index contributed by atoms with van der Waals surface area (Å²) in [5, 5.41) is 13.1. The van der Waals surface area contributed by atoms with Gasteiger partial charge in [-0.1, -0.05) is 12.1 Å². The Kier molecular flexibility index (Phi) is 2.72. The number of hydrogen-bond acceptors (Lipinski definition) is 2. The molecule has 0 aliphatic rings. The molecule has 0 atom stereocenters. The number of carboxylic acids is 1. The molecule has 0 saturated heterocycles. The van der Waals surface area contributed by atoms with Crippen LogP contribution >= 0.6 is 0 Å². The van der Waals surface area contributed by atoms with Gasteiger partial charge in [0.2, 0.25) is 0 Å². The monoisotopic (exact) mass is 216 g/mol. The Morgan fingerprint density at radius 2 is 2.25 bits per heavy atom. The Balaban J connectivity index is 2.48. The van der Waals surface area contributed by atoms with Crippen molar-refractivity contribution in [3.05, 3.63) is 42.1 Å². The van der Waals surface area contributed by atoms with Gasteiger partial charge in [0.25, 0.3) is 0 Å². The summed E-state index contributed by atoms with van der Waals surface area (Å²) in [6, 6.07) is 8.75. The fourth-order valence-electron chi connectivity index (χ4n) is 1.64. The van der Waals surface area contributed by atoms with Gasteiger partial charge in [-0.3, -0.25) is 4.68 Å². The molecule has 0 saturated carbocycles. The van der Waals surface area contributed by atoms with Crippen LogP contribution in [0.25, 0.3) is 11.3 Å². The van der Waals surface area contributed by atoms with Crippen molar-refractivity contribution in [2.24, 2.45) is 0 Å². The average Bonchev–Trinajstić information content (AvgIpc) is 2.77. The predicted octanol–water partition coefficient (Wildman–Crippen LogP) is 2.27. The van der Waals surface area contributed by atoms with Crippen molar-refractivity contribution in [2.45, 2.75) is 13.5 Å². The van der Waals surface area contributed by atoms with Gasteiger partial charge in [-0.15, -0.1) is 0 Å². The normalized spacial score (nSPS) is 10.3. The fraction of sp³-hybridized carbons (Fsp3) is 0.167. The van der Waals surface area contributed by atoms with Gasteiger partial charge in [-0.05, 0) is 25.1 Å². The van der Waals surface area contributed by atoms with Crippen LogP contribution in [-0.4, -0.2) is 20.9 Å². The molecular weight excluding hydrogens is 204 g/mol. The molecule has 0 radical (unpaired) electrons. The van der Waals surface area contributed by atoms with E-state index in [0.29, 0.717) is 5.56 Å². The minimum atomic E-state index is -0.913. The zero-order chi connectivity index (χ0) is 11.5. The van der Waals surface area contributed by atoms with Crippen LogP contribution in [0.4, 0.5) is 0 Å². The second kappa shape index (κ2) is 4.18. The summed E-state index contributed by atoms with van der Waals surface area (Å²) in [4.78, 5) is 10.9. The van der Waals surface area contributed by atoms with Crippen molar-refractivity contribution in [1.29, 1.82) is 0 Å². The topological polar surface area (TPSA) is 55.1 Å². The van der Waals surface area contributed by atoms with E-state index >= 15 is 0 Å². The molecule has 0 spiro atoms. The van der Waals surface area contributed by atoms with Crippen LogP contribution in [-0.2, 0) is 6.54 Å². The smallest absolute Gasteiger partial charge is 0.335 e. The molecule has 16 heavy (non-hydrogen) atoms. The predicted molar refractivity (Wildman–Crippen MR) is 60.3 cm³/mol. The average molecular weight is 216 g/mol. The highest BCUT2D eigenvalue weighted by molar-refractivity contribution is 5.89. The number of carbonyl (C=O) groups is 1. The minimum absolute atomic E-state index is 0.293. The molecule has 1 aromatic carbocycles. The zero-order valence-corrected chi connectivity index (χ0v) is 8.92. The summed E-state index contributed by atoms with van der Waals surface area (Å²) in [6.45, 7) is 2.76. The van der Waals surface area contributed by atoms with E-state index in [4.69, 9.17) is 5.11 Å². The highest BCUT2D eigenvalue weighted by Gasteiger charge is 2.07. The van der Waals surface area contributed by atoms with Crippen LogP contribution in [0.5, 0.6) is 0 Å². The van der Waals surface area contributed by atoms with E-state index in [0.717, 1.165) is 17.8 Å². The molecular formula is C12H12N2O2. The largest absolute Gasteiger partial charge is 0.478 e. The fourth-order valence-corrected chi connectivity index (χ4v) is 1.64. The van der Waals surface area contributed by atoms with E-state index in [-0.39, 0.29) is 0 Å². The molecule has 4 nitrogen and oxygen atoms in total. The molecule has 0 amide bonds.